The number of halogens is 1. The Kier molecular flexibility index (Phi) is 12.2. The van der Waals surface area contributed by atoms with Crippen LogP contribution in [0.15, 0.2) is 24.3 Å². The Morgan fingerprint density at radius 3 is 2.46 bits per heavy atom. The lowest BCUT2D eigenvalue weighted by molar-refractivity contribution is -0.932. The fourth-order valence-corrected chi connectivity index (χ4v) is 3.92. The Labute approximate surface area is 181 Å². The average molecular weight is 457 g/mol. The predicted octanol–water partition coefficient (Wildman–Crippen LogP) is 2.22. The van der Waals surface area contributed by atoms with Gasteiger partial charge in [-0.05, 0) is 44.2 Å². The molecule has 1 heterocycles. The van der Waals surface area contributed by atoms with Crippen LogP contribution in [0.2, 0.25) is 0 Å². The number of carbonyl (C=O) groups excluding carboxylic acids is 1. The molecule has 160 valence electrons. The van der Waals surface area contributed by atoms with Crippen LogP contribution in [0.4, 0.5) is 10.5 Å². The van der Waals surface area contributed by atoms with Crippen LogP contribution in [-0.2, 0) is 4.74 Å². The van der Waals surface area contributed by atoms with E-state index in [-0.39, 0.29) is 17.0 Å². The molecule has 0 atom stereocenters. The second kappa shape index (κ2) is 13.8. The summed E-state index contributed by atoms with van der Waals surface area (Å²) in [6, 6.07) is 7.55. The van der Waals surface area contributed by atoms with Crippen LogP contribution in [-0.4, -0.2) is 50.0 Å². The van der Waals surface area contributed by atoms with E-state index in [1.54, 1.807) is 0 Å². The van der Waals surface area contributed by atoms with Crippen LogP contribution < -0.4 is 27.0 Å². The van der Waals surface area contributed by atoms with Crippen molar-refractivity contribution in [3.8, 4) is 5.75 Å². The second-order valence-corrected chi connectivity index (χ2v) is 7.61. The van der Waals surface area contributed by atoms with Crippen molar-refractivity contribution >= 4 is 11.8 Å². The van der Waals surface area contributed by atoms with E-state index in [0.29, 0.717) is 24.7 Å². The summed E-state index contributed by atoms with van der Waals surface area (Å²) in [4.78, 5) is 12.2. The number of unbranched alkanes of at least 4 members (excludes halogenated alkanes) is 2. The molecule has 28 heavy (non-hydrogen) atoms. The molecule has 5 nitrogen and oxygen atoms in total. The van der Waals surface area contributed by atoms with Gasteiger partial charge < -0.3 is 30.9 Å². The Bertz CT molecular complexity index is 557. The van der Waals surface area contributed by atoms with Gasteiger partial charge in [-0.15, -0.1) is 0 Å². The molecule has 1 amide bonds. The molecule has 0 saturated carbocycles. The number of ether oxygens (including phenoxy) is 2. The van der Waals surface area contributed by atoms with E-state index in [1.165, 1.54) is 45.3 Å². The molecule has 1 aromatic rings. The fraction of sp³-hybridized carbons (Fsp3) is 0.682. The molecule has 2 rings (SSSR count). The highest BCUT2D eigenvalue weighted by molar-refractivity contribution is 5.86. The average Bonchev–Trinajstić information content (AvgIpc) is 2.67. The van der Waals surface area contributed by atoms with Gasteiger partial charge in [0, 0.05) is 0 Å². The minimum atomic E-state index is -0.397. The number of likely N-dealkylation sites (tertiary alicyclic amines) is 1. The zero-order chi connectivity index (χ0) is 19.4. The number of piperidine rings is 1. The molecule has 1 N–H and O–H groups in total. The third-order valence-corrected chi connectivity index (χ3v) is 5.39. The third-order valence-electron chi connectivity index (χ3n) is 5.39. The first-order valence-electron chi connectivity index (χ1n) is 10.7. The molecule has 0 bridgehead atoms. The van der Waals surface area contributed by atoms with Crippen LogP contribution in [0, 0.1) is 0 Å². The van der Waals surface area contributed by atoms with Crippen LogP contribution in [0.5, 0.6) is 5.75 Å². The summed E-state index contributed by atoms with van der Waals surface area (Å²) in [6.45, 7) is 10.1. The zero-order valence-corrected chi connectivity index (χ0v) is 19.1. The quantitative estimate of drug-likeness (QED) is 0.410. The molecule has 1 aliphatic rings. The van der Waals surface area contributed by atoms with Gasteiger partial charge in [-0.2, -0.15) is 0 Å². The minimum absolute atomic E-state index is 0. The number of carbonyl (C=O) groups is 1. The van der Waals surface area contributed by atoms with Gasteiger partial charge in [0.05, 0.1) is 31.9 Å². The topological polar surface area (TPSA) is 47.6 Å². The van der Waals surface area contributed by atoms with Crippen molar-refractivity contribution in [2.75, 3.05) is 44.7 Å². The molecule has 6 heteroatoms. The van der Waals surface area contributed by atoms with Crippen molar-refractivity contribution in [1.29, 1.82) is 0 Å². The van der Waals surface area contributed by atoms with Crippen molar-refractivity contribution in [2.24, 2.45) is 0 Å². The summed E-state index contributed by atoms with van der Waals surface area (Å²) >= 11 is 0. The normalized spacial score (nSPS) is 15.4. The van der Waals surface area contributed by atoms with Gasteiger partial charge in [0.15, 0.2) is 0 Å². The number of nitrogens with zero attached hydrogens (tertiary/aromatic N) is 1. The first-order valence-corrected chi connectivity index (χ1v) is 10.7. The molecular formula is C22H37BrN2O3. The molecule has 1 saturated heterocycles. The van der Waals surface area contributed by atoms with Crippen molar-refractivity contribution < 1.29 is 35.7 Å². The van der Waals surface area contributed by atoms with E-state index in [1.807, 2.05) is 24.3 Å². The molecule has 0 aromatic heterocycles. The fourth-order valence-electron chi connectivity index (χ4n) is 3.92. The van der Waals surface area contributed by atoms with Crippen LogP contribution >= 0.6 is 0 Å². The maximum Gasteiger partial charge on any atom is 0.411 e. The summed E-state index contributed by atoms with van der Waals surface area (Å²) in [7, 11) is 0. The Morgan fingerprint density at radius 1 is 1.00 bits per heavy atom. The summed E-state index contributed by atoms with van der Waals surface area (Å²) < 4.78 is 12.4. The van der Waals surface area contributed by atoms with Crippen LogP contribution in [0.3, 0.4) is 0 Å². The molecule has 1 aliphatic heterocycles. The smallest absolute Gasteiger partial charge is 0.411 e. The molecule has 1 fully saturated rings. The Morgan fingerprint density at radius 2 is 1.75 bits per heavy atom. The zero-order valence-electron chi connectivity index (χ0n) is 17.6. The summed E-state index contributed by atoms with van der Waals surface area (Å²) in [6.07, 6.45) is 8.01. The van der Waals surface area contributed by atoms with Crippen molar-refractivity contribution in [1.82, 2.24) is 0 Å². The molecule has 1 aromatic carbocycles. The highest BCUT2D eigenvalue weighted by atomic mass is 79.9. The lowest BCUT2D eigenvalue weighted by atomic mass is 10.1. The molecular weight excluding hydrogens is 420 g/mol. The Hall–Kier alpha value is -1.27. The highest BCUT2D eigenvalue weighted by Crippen LogP contribution is 2.24. The van der Waals surface area contributed by atoms with E-state index in [9.17, 15) is 4.79 Å². The standard InChI is InChI=1S/C22H36N2O3.BrH/c1-3-5-11-18-26-21-13-8-7-12-20(21)23-22(25)27-19-17-24(14-4-2)15-9-6-10-16-24;/h7-8,12-13H,3-6,9-11,14-19H2,1-2H3;1H. The van der Waals surface area contributed by atoms with E-state index in [4.69, 9.17) is 9.47 Å². The highest BCUT2D eigenvalue weighted by Gasteiger charge is 2.29. The van der Waals surface area contributed by atoms with Gasteiger partial charge in [-0.25, -0.2) is 4.79 Å². The van der Waals surface area contributed by atoms with E-state index in [0.717, 1.165) is 30.3 Å². The van der Waals surface area contributed by atoms with Gasteiger partial charge in [0.25, 0.3) is 0 Å². The van der Waals surface area contributed by atoms with Crippen LogP contribution in [0.25, 0.3) is 0 Å². The number of para-hydroxylation sites is 2. The number of hydrogen-bond donors (Lipinski definition) is 1. The lowest BCUT2D eigenvalue weighted by Gasteiger charge is -2.41. The first kappa shape index (κ1) is 24.8. The number of rotatable bonds is 11. The number of amides is 1. The summed E-state index contributed by atoms with van der Waals surface area (Å²) in [5.41, 5.74) is 0.675. The first-order chi connectivity index (χ1) is 13.2. The summed E-state index contributed by atoms with van der Waals surface area (Å²) in [5, 5.41) is 2.84. The second-order valence-electron chi connectivity index (χ2n) is 7.61. The molecule has 0 aliphatic carbocycles. The number of anilines is 1. The monoisotopic (exact) mass is 456 g/mol. The molecule has 0 radical (unpaired) electrons. The molecule has 0 unspecified atom stereocenters. The van der Waals surface area contributed by atoms with Crippen molar-refractivity contribution in [3.63, 3.8) is 0 Å². The lowest BCUT2D eigenvalue weighted by Crippen LogP contribution is -3.00. The van der Waals surface area contributed by atoms with E-state index >= 15 is 0 Å². The SMILES string of the molecule is CCCCCOc1ccccc1NC(=O)OCC[N+]1(CCC)CCCCC1.[Br-]. The van der Waals surface area contributed by atoms with Crippen molar-refractivity contribution in [2.45, 2.75) is 58.8 Å². The maximum absolute atomic E-state index is 12.2. The van der Waals surface area contributed by atoms with Gasteiger partial charge in [0.2, 0.25) is 0 Å². The van der Waals surface area contributed by atoms with Crippen LogP contribution in [0.1, 0.15) is 58.8 Å². The van der Waals surface area contributed by atoms with Gasteiger partial charge in [-0.1, -0.05) is 38.8 Å². The van der Waals surface area contributed by atoms with E-state index < -0.39 is 6.09 Å². The minimum Gasteiger partial charge on any atom is -1.00 e. The van der Waals surface area contributed by atoms with Gasteiger partial charge in [-0.3, -0.25) is 5.32 Å². The molecule has 0 spiro atoms. The van der Waals surface area contributed by atoms with E-state index in [2.05, 4.69) is 19.2 Å². The number of hydrogen-bond acceptors (Lipinski definition) is 3. The summed E-state index contributed by atoms with van der Waals surface area (Å²) in [5.74, 6) is 0.705. The van der Waals surface area contributed by atoms with Gasteiger partial charge in [0.1, 0.15) is 18.9 Å². The maximum atomic E-state index is 12.2. The number of quaternary nitrogens is 1. The third kappa shape index (κ3) is 8.39. The van der Waals surface area contributed by atoms with Gasteiger partial charge >= 0.3 is 6.09 Å². The van der Waals surface area contributed by atoms with Crippen molar-refractivity contribution in [3.05, 3.63) is 24.3 Å². The number of benzene rings is 1. The Balaban J connectivity index is 0.00000392. The largest absolute Gasteiger partial charge is 1.00 e. The number of nitrogens with one attached hydrogen (secondary N) is 1. The predicted molar refractivity (Wildman–Crippen MR) is 110 cm³/mol.